The number of benzene rings is 1. The van der Waals surface area contributed by atoms with Gasteiger partial charge in [0.15, 0.2) is 12.4 Å². The summed E-state index contributed by atoms with van der Waals surface area (Å²) in [6.45, 7) is 5.45. The molecule has 2 fully saturated rings. The number of hydrogen-bond donors (Lipinski definition) is 1. The number of carbonyl (C=O) groups excluding carboxylic acids is 4. The predicted octanol–water partition coefficient (Wildman–Crippen LogP) is 4.25. The van der Waals surface area contributed by atoms with E-state index < -0.39 is 42.4 Å². The van der Waals surface area contributed by atoms with Crippen LogP contribution in [-0.4, -0.2) is 47.3 Å². The number of ketones is 1. The molecule has 9 heteroatoms. The van der Waals surface area contributed by atoms with Crippen molar-refractivity contribution < 1.29 is 23.9 Å². The molecule has 0 aromatic heterocycles. The summed E-state index contributed by atoms with van der Waals surface area (Å²) < 4.78 is 4.99. The predicted molar refractivity (Wildman–Crippen MR) is 116 cm³/mol. The molecule has 1 aromatic rings. The number of imide groups is 1. The van der Waals surface area contributed by atoms with Crippen LogP contribution in [-0.2, 0) is 14.3 Å². The van der Waals surface area contributed by atoms with E-state index in [4.69, 9.17) is 27.9 Å². The smallest absolute Gasteiger partial charge is 0.326 e. The van der Waals surface area contributed by atoms with Crippen molar-refractivity contribution in [2.75, 3.05) is 13.2 Å². The van der Waals surface area contributed by atoms with Crippen LogP contribution in [0.2, 0.25) is 10.0 Å². The second-order valence-corrected chi connectivity index (χ2v) is 10.1. The molecule has 31 heavy (non-hydrogen) atoms. The maximum Gasteiger partial charge on any atom is 0.326 e. The topological polar surface area (TPSA) is 92.8 Å². The highest BCUT2D eigenvalue weighted by Crippen LogP contribution is 2.43. The van der Waals surface area contributed by atoms with Crippen molar-refractivity contribution in [2.24, 2.45) is 11.3 Å². The molecule has 2 aliphatic rings. The highest BCUT2D eigenvalue weighted by Gasteiger charge is 2.53. The Morgan fingerprint density at radius 1 is 1.16 bits per heavy atom. The molecular weight excluding hydrogens is 443 g/mol. The van der Waals surface area contributed by atoms with E-state index in [1.54, 1.807) is 0 Å². The molecule has 0 unspecified atom stereocenters. The van der Waals surface area contributed by atoms with Crippen LogP contribution in [0.5, 0.6) is 0 Å². The minimum Gasteiger partial charge on any atom is -0.456 e. The molecule has 0 atom stereocenters. The number of halogens is 2. The van der Waals surface area contributed by atoms with Crippen LogP contribution in [0.1, 0.15) is 56.8 Å². The third-order valence-corrected chi connectivity index (χ3v) is 6.94. The fourth-order valence-electron chi connectivity index (χ4n) is 4.21. The van der Waals surface area contributed by atoms with Gasteiger partial charge in [0.05, 0.1) is 10.0 Å². The molecule has 1 spiro atoms. The Bertz CT molecular complexity index is 917. The van der Waals surface area contributed by atoms with E-state index in [-0.39, 0.29) is 16.0 Å². The van der Waals surface area contributed by atoms with Gasteiger partial charge in [-0.2, -0.15) is 0 Å². The van der Waals surface area contributed by atoms with Crippen LogP contribution in [0.25, 0.3) is 0 Å². The van der Waals surface area contributed by atoms with Crippen LogP contribution in [0.15, 0.2) is 18.2 Å². The minimum atomic E-state index is -0.949. The second kappa shape index (κ2) is 8.79. The Balaban J connectivity index is 1.55. The van der Waals surface area contributed by atoms with Crippen molar-refractivity contribution >= 4 is 46.9 Å². The lowest BCUT2D eigenvalue weighted by Crippen LogP contribution is -2.50. The highest BCUT2D eigenvalue weighted by atomic mass is 35.5. The number of urea groups is 1. The van der Waals surface area contributed by atoms with Crippen LogP contribution in [0, 0.1) is 11.3 Å². The summed E-state index contributed by atoms with van der Waals surface area (Å²) in [7, 11) is 0. The first-order chi connectivity index (χ1) is 14.4. The summed E-state index contributed by atoms with van der Waals surface area (Å²) >= 11 is 11.7. The monoisotopic (exact) mass is 468 g/mol. The fourth-order valence-corrected chi connectivity index (χ4v) is 4.51. The fraction of sp³-hybridized carbons (Fsp3) is 0.545. The van der Waals surface area contributed by atoms with Gasteiger partial charge in [-0.25, -0.2) is 4.79 Å². The van der Waals surface area contributed by atoms with E-state index in [1.807, 2.05) is 0 Å². The molecule has 3 amide bonds. The summed E-state index contributed by atoms with van der Waals surface area (Å²) in [5.41, 5.74) is -0.571. The number of nitrogens with zero attached hydrogens (tertiary/aromatic N) is 1. The summed E-state index contributed by atoms with van der Waals surface area (Å²) in [4.78, 5) is 50.6. The molecule has 1 aliphatic heterocycles. The second-order valence-electron chi connectivity index (χ2n) is 9.26. The van der Waals surface area contributed by atoms with E-state index in [2.05, 4.69) is 26.1 Å². The third-order valence-electron chi connectivity index (χ3n) is 6.20. The lowest BCUT2D eigenvalue weighted by molar-refractivity contribution is -0.147. The molecule has 0 bridgehead atoms. The minimum absolute atomic E-state index is 0.137. The number of amides is 3. The summed E-state index contributed by atoms with van der Waals surface area (Å²) in [5.74, 6) is -1.25. The maximum atomic E-state index is 13.0. The van der Waals surface area contributed by atoms with Gasteiger partial charge in [0.2, 0.25) is 0 Å². The number of nitrogens with one attached hydrogen (secondary N) is 1. The number of hydrogen-bond acceptors (Lipinski definition) is 5. The molecule has 7 nitrogen and oxygen atoms in total. The number of carbonyl (C=O) groups is 4. The van der Waals surface area contributed by atoms with Gasteiger partial charge in [-0.3, -0.25) is 19.3 Å². The average molecular weight is 469 g/mol. The summed E-state index contributed by atoms with van der Waals surface area (Å²) in [5, 5.41) is 3.30. The molecule has 1 saturated heterocycles. The van der Waals surface area contributed by atoms with Crippen molar-refractivity contribution in [3.05, 3.63) is 33.8 Å². The Hall–Kier alpha value is -2.12. The first kappa shape index (κ1) is 23.5. The zero-order valence-electron chi connectivity index (χ0n) is 17.8. The quantitative estimate of drug-likeness (QED) is 0.396. The Kier molecular flexibility index (Phi) is 6.67. The van der Waals surface area contributed by atoms with Gasteiger partial charge < -0.3 is 10.1 Å². The summed E-state index contributed by atoms with van der Waals surface area (Å²) in [6.07, 6.45) is 2.74. The number of Topliss-reactive ketones (excluding diaryl/α,β-unsaturated/α-hetero) is 1. The zero-order valence-corrected chi connectivity index (χ0v) is 19.3. The van der Waals surface area contributed by atoms with Gasteiger partial charge in [-0.05, 0) is 55.2 Å². The van der Waals surface area contributed by atoms with Gasteiger partial charge >= 0.3 is 12.0 Å². The molecule has 168 valence electrons. The van der Waals surface area contributed by atoms with E-state index >= 15 is 0 Å². The van der Waals surface area contributed by atoms with Gasteiger partial charge in [0.25, 0.3) is 5.91 Å². The molecule has 3 rings (SSSR count). The normalized spacial score (nSPS) is 23.8. The van der Waals surface area contributed by atoms with Crippen LogP contribution in [0.3, 0.4) is 0 Å². The number of esters is 1. The van der Waals surface area contributed by atoms with Crippen molar-refractivity contribution in [3.8, 4) is 0 Å². The Morgan fingerprint density at radius 2 is 1.81 bits per heavy atom. The molecule has 1 aromatic carbocycles. The van der Waals surface area contributed by atoms with E-state index in [0.717, 1.165) is 17.7 Å². The lowest BCUT2D eigenvalue weighted by Gasteiger charge is -2.40. The van der Waals surface area contributed by atoms with E-state index in [9.17, 15) is 19.2 Å². The first-order valence-corrected chi connectivity index (χ1v) is 11.0. The largest absolute Gasteiger partial charge is 0.456 e. The van der Waals surface area contributed by atoms with Gasteiger partial charge in [0, 0.05) is 5.56 Å². The highest BCUT2D eigenvalue weighted by molar-refractivity contribution is 6.42. The standard InChI is InChI=1S/C22H26Cl2N2O5/c1-21(2,3)14-6-8-22(9-7-14)19(29)26(20(30)25-22)11-18(28)31-12-17(27)13-4-5-15(23)16(24)10-13/h4-5,10,14H,6-9,11-12H2,1-3H3,(H,25,30). The van der Waals surface area contributed by atoms with Crippen LogP contribution < -0.4 is 5.32 Å². The van der Waals surface area contributed by atoms with E-state index in [0.29, 0.717) is 23.8 Å². The van der Waals surface area contributed by atoms with Crippen molar-refractivity contribution in [1.82, 2.24) is 10.2 Å². The SMILES string of the molecule is CC(C)(C)C1CCC2(CC1)NC(=O)N(CC(=O)OCC(=O)c1ccc(Cl)c(Cl)c1)C2=O. The van der Waals surface area contributed by atoms with Gasteiger partial charge in [-0.1, -0.05) is 44.0 Å². The number of rotatable bonds is 5. The molecular formula is C22H26Cl2N2O5. The first-order valence-electron chi connectivity index (χ1n) is 10.2. The zero-order chi connectivity index (χ0) is 23.0. The Labute approximate surface area is 191 Å². The third kappa shape index (κ3) is 5.04. The molecule has 0 radical (unpaired) electrons. The lowest BCUT2D eigenvalue weighted by atomic mass is 9.67. The molecule has 1 heterocycles. The summed E-state index contributed by atoms with van der Waals surface area (Å²) in [6, 6.07) is 3.72. The molecule has 1 N–H and O–H groups in total. The molecule has 1 aliphatic carbocycles. The average Bonchev–Trinajstić information content (AvgIpc) is 2.92. The van der Waals surface area contributed by atoms with Crippen LogP contribution in [0.4, 0.5) is 4.79 Å². The number of ether oxygens (including phenoxy) is 1. The molecule has 1 saturated carbocycles. The van der Waals surface area contributed by atoms with E-state index in [1.165, 1.54) is 18.2 Å². The van der Waals surface area contributed by atoms with Gasteiger partial charge in [-0.15, -0.1) is 0 Å². The maximum absolute atomic E-state index is 13.0. The van der Waals surface area contributed by atoms with Gasteiger partial charge in [0.1, 0.15) is 12.1 Å². The Morgan fingerprint density at radius 3 is 2.39 bits per heavy atom. The van der Waals surface area contributed by atoms with Crippen molar-refractivity contribution in [3.63, 3.8) is 0 Å². The van der Waals surface area contributed by atoms with Crippen molar-refractivity contribution in [1.29, 1.82) is 0 Å². The van der Waals surface area contributed by atoms with Crippen LogP contribution >= 0.6 is 23.2 Å². The van der Waals surface area contributed by atoms with Crippen molar-refractivity contribution in [2.45, 2.75) is 52.0 Å².